The second kappa shape index (κ2) is 8.13. The van der Waals surface area contributed by atoms with Crippen LogP contribution in [0.2, 0.25) is 0 Å². The van der Waals surface area contributed by atoms with Crippen molar-refractivity contribution in [1.82, 2.24) is 5.32 Å². The Bertz CT molecular complexity index is 413. The van der Waals surface area contributed by atoms with Crippen LogP contribution in [0.25, 0.3) is 0 Å². The topological polar surface area (TPSA) is 39.7 Å². The van der Waals surface area contributed by atoms with Crippen LogP contribution in [-0.2, 0) is 0 Å². The summed E-state index contributed by atoms with van der Waals surface area (Å²) in [6, 6.07) is 3.91. The molecule has 21 heavy (non-hydrogen) atoms. The first-order chi connectivity index (χ1) is 9.87. The quantitative estimate of drug-likeness (QED) is 0.744. The molecule has 4 nitrogen and oxygen atoms in total. The van der Waals surface area contributed by atoms with Gasteiger partial charge >= 0.3 is 0 Å². The molecule has 0 unspecified atom stereocenters. The van der Waals surface area contributed by atoms with Crippen molar-refractivity contribution in [2.45, 2.75) is 46.1 Å². The van der Waals surface area contributed by atoms with E-state index in [4.69, 9.17) is 14.2 Å². The van der Waals surface area contributed by atoms with Crippen molar-refractivity contribution in [3.8, 4) is 17.2 Å². The molecule has 1 rings (SSSR count). The third kappa shape index (κ3) is 6.25. The molecule has 1 aromatic carbocycles. The number of rotatable bonds is 8. The van der Waals surface area contributed by atoms with Gasteiger partial charge in [-0.1, -0.05) is 0 Å². The molecule has 0 aromatic heterocycles. The Morgan fingerprint density at radius 1 is 1.00 bits per heavy atom. The number of hydrogen-bond acceptors (Lipinski definition) is 4. The summed E-state index contributed by atoms with van der Waals surface area (Å²) in [7, 11) is 3.29. The van der Waals surface area contributed by atoms with Gasteiger partial charge in [0.05, 0.1) is 20.8 Å². The molecule has 0 atom stereocenters. The van der Waals surface area contributed by atoms with Crippen molar-refractivity contribution in [2.24, 2.45) is 0 Å². The van der Waals surface area contributed by atoms with Crippen molar-refractivity contribution >= 4 is 0 Å². The monoisotopic (exact) mass is 295 g/mol. The predicted molar refractivity (Wildman–Crippen MR) is 86.8 cm³/mol. The van der Waals surface area contributed by atoms with Gasteiger partial charge in [-0.05, 0) is 64.8 Å². The Morgan fingerprint density at radius 3 is 2.05 bits per heavy atom. The molecule has 0 heterocycles. The first-order valence-electron chi connectivity index (χ1n) is 7.48. The molecule has 120 valence electrons. The minimum absolute atomic E-state index is 0.171. The molecule has 0 aliphatic carbocycles. The normalized spacial score (nSPS) is 11.3. The maximum Gasteiger partial charge on any atom is 0.203 e. The Kier molecular flexibility index (Phi) is 6.82. The third-order valence-electron chi connectivity index (χ3n) is 3.08. The lowest BCUT2D eigenvalue weighted by Crippen LogP contribution is -2.36. The molecule has 0 aliphatic heterocycles. The largest absolute Gasteiger partial charge is 0.493 e. The van der Waals surface area contributed by atoms with Crippen LogP contribution in [-0.4, -0.2) is 32.9 Å². The second-order valence-corrected chi connectivity index (χ2v) is 6.23. The number of nitrogens with one attached hydrogen (secondary N) is 1. The lowest BCUT2D eigenvalue weighted by Gasteiger charge is -2.20. The minimum Gasteiger partial charge on any atom is -0.493 e. The average Bonchev–Trinajstić information content (AvgIpc) is 2.41. The van der Waals surface area contributed by atoms with Crippen LogP contribution >= 0.6 is 0 Å². The highest BCUT2D eigenvalue weighted by Crippen LogP contribution is 2.38. The lowest BCUT2D eigenvalue weighted by atomic mass is 10.1. The summed E-state index contributed by atoms with van der Waals surface area (Å²) in [4.78, 5) is 0. The van der Waals surface area contributed by atoms with E-state index in [-0.39, 0.29) is 5.54 Å². The highest BCUT2D eigenvalue weighted by atomic mass is 16.5. The summed E-state index contributed by atoms with van der Waals surface area (Å²) in [6.07, 6.45) is 2.07. The van der Waals surface area contributed by atoms with Gasteiger partial charge in [-0.25, -0.2) is 0 Å². The SMILES string of the molecule is COc1cc(C)cc(OC)c1OCCCCNC(C)(C)C. The molecule has 0 aliphatic rings. The summed E-state index contributed by atoms with van der Waals surface area (Å²) in [5.74, 6) is 2.13. The summed E-state index contributed by atoms with van der Waals surface area (Å²) < 4.78 is 16.6. The zero-order valence-electron chi connectivity index (χ0n) is 14.2. The first-order valence-corrected chi connectivity index (χ1v) is 7.48. The summed E-state index contributed by atoms with van der Waals surface area (Å²) in [5.41, 5.74) is 1.26. The van der Waals surface area contributed by atoms with E-state index in [9.17, 15) is 0 Å². The van der Waals surface area contributed by atoms with E-state index in [0.29, 0.717) is 12.4 Å². The summed E-state index contributed by atoms with van der Waals surface area (Å²) in [5, 5.41) is 3.47. The smallest absolute Gasteiger partial charge is 0.203 e. The number of unbranched alkanes of at least 4 members (excludes halogenated alkanes) is 1. The Balaban J connectivity index is 2.48. The number of benzene rings is 1. The van der Waals surface area contributed by atoms with Gasteiger partial charge in [0.1, 0.15) is 0 Å². The molecule has 0 bridgehead atoms. The lowest BCUT2D eigenvalue weighted by molar-refractivity contribution is 0.266. The van der Waals surface area contributed by atoms with Crippen molar-refractivity contribution in [3.63, 3.8) is 0 Å². The molecule has 0 spiro atoms. The molecule has 1 N–H and O–H groups in total. The van der Waals surface area contributed by atoms with E-state index >= 15 is 0 Å². The van der Waals surface area contributed by atoms with Gasteiger partial charge in [0, 0.05) is 5.54 Å². The van der Waals surface area contributed by atoms with Gasteiger partial charge in [-0.15, -0.1) is 0 Å². The van der Waals surface area contributed by atoms with Crippen molar-refractivity contribution in [2.75, 3.05) is 27.4 Å². The number of hydrogen-bond donors (Lipinski definition) is 1. The Labute approximate surface area is 128 Å². The highest BCUT2D eigenvalue weighted by Gasteiger charge is 2.13. The second-order valence-electron chi connectivity index (χ2n) is 6.23. The summed E-state index contributed by atoms with van der Waals surface area (Å²) >= 11 is 0. The van der Waals surface area contributed by atoms with Crippen molar-refractivity contribution in [1.29, 1.82) is 0 Å². The van der Waals surface area contributed by atoms with Gasteiger partial charge in [-0.3, -0.25) is 0 Å². The Morgan fingerprint density at radius 2 is 1.57 bits per heavy atom. The molecular formula is C17H29NO3. The van der Waals surface area contributed by atoms with Gasteiger partial charge in [0.15, 0.2) is 11.5 Å². The predicted octanol–water partition coefficient (Wildman–Crippen LogP) is 3.56. The molecular weight excluding hydrogens is 266 g/mol. The summed E-state index contributed by atoms with van der Waals surface area (Å²) in [6.45, 7) is 10.2. The Hall–Kier alpha value is -1.42. The molecule has 0 saturated carbocycles. The van der Waals surface area contributed by atoms with E-state index in [1.807, 2.05) is 19.1 Å². The number of methoxy groups -OCH3 is 2. The van der Waals surface area contributed by atoms with Crippen LogP contribution < -0.4 is 19.5 Å². The van der Waals surface area contributed by atoms with E-state index in [2.05, 4.69) is 26.1 Å². The van der Waals surface area contributed by atoms with Crippen molar-refractivity contribution < 1.29 is 14.2 Å². The standard InChI is InChI=1S/C17H29NO3/c1-13-11-14(19-5)16(15(12-13)20-6)21-10-8-7-9-18-17(2,3)4/h11-12,18H,7-10H2,1-6H3. The van der Waals surface area contributed by atoms with Crippen LogP contribution in [0.1, 0.15) is 39.2 Å². The fraction of sp³-hybridized carbons (Fsp3) is 0.647. The van der Waals surface area contributed by atoms with Crippen LogP contribution in [0.15, 0.2) is 12.1 Å². The van der Waals surface area contributed by atoms with E-state index in [1.54, 1.807) is 14.2 Å². The average molecular weight is 295 g/mol. The number of ether oxygens (including phenoxy) is 3. The maximum atomic E-state index is 5.86. The first kappa shape index (κ1) is 17.6. The van der Waals surface area contributed by atoms with Crippen LogP contribution in [0, 0.1) is 6.92 Å². The molecule has 0 amide bonds. The molecule has 0 radical (unpaired) electrons. The van der Waals surface area contributed by atoms with Gasteiger partial charge in [0.25, 0.3) is 0 Å². The fourth-order valence-corrected chi connectivity index (χ4v) is 2.02. The van der Waals surface area contributed by atoms with Crippen LogP contribution in [0.3, 0.4) is 0 Å². The van der Waals surface area contributed by atoms with Gasteiger partial charge < -0.3 is 19.5 Å². The molecule has 0 saturated heterocycles. The van der Waals surface area contributed by atoms with E-state index in [0.717, 1.165) is 36.4 Å². The van der Waals surface area contributed by atoms with Crippen LogP contribution in [0.4, 0.5) is 0 Å². The zero-order chi connectivity index (χ0) is 15.9. The zero-order valence-corrected chi connectivity index (χ0v) is 14.2. The van der Waals surface area contributed by atoms with E-state index < -0.39 is 0 Å². The number of aryl methyl sites for hydroxylation is 1. The van der Waals surface area contributed by atoms with E-state index in [1.165, 1.54) is 0 Å². The highest BCUT2D eigenvalue weighted by molar-refractivity contribution is 5.53. The van der Waals surface area contributed by atoms with Gasteiger partial charge in [-0.2, -0.15) is 0 Å². The minimum atomic E-state index is 0.171. The molecule has 1 aromatic rings. The maximum absolute atomic E-state index is 5.86. The third-order valence-corrected chi connectivity index (χ3v) is 3.08. The molecule has 4 heteroatoms. The fourth-order valence-electron chi connectivity index (χ4n) is 2.02. The van der Waals surface area contributed by atoms with Crippen LogP contribution in [0.5, 0.6) is 17.2 Å². The van der Waals surface area contributed by atoms with Crippen molar-refractivity contribution in [3.05, 3.63) is 17.7 Å². The molecule has 0 fully saturated rings. The van der Waals surface area contributed by atoms with Gasteiger partial charge in [0.2, 0.25) is 5.75 Å².